The maximum absolute atomic E-state index is 10.1. The molecule has 0 aromatic heterocycles. The predicted molar refractivity (Wildman–Crippen MR) is 73.4 cm³/mol. The standard InChI is InChI=1S/C6H4N2O4.C6H6S/c9-7(10)5-1-2-6(4-3-5)8(11)12;7-6-4-2-1-3-5-6/h1-4H;1-5,7H. The Morgan fingerprint density at radius 1 is 0.737 bits per heavy atom. The van der Waals surface area contributed by atoms with Crippen LogP contribution in [0.4, 0.5) is 11.4 Å². The molecule has 0 aliphatic rings. The molecule has 7 heteroatoms. The molecule has 0 heterocycles. The summed E-state index contributed by atoms with van der Waals surface area (Å²) in [5.74, 6) is 0. The molecule has 0 amide bonds. The average Bonchev–Trinajstić information content (AvgIpc) is 2.40. The van der Waals surface area contributed by atoms with Gasteiger partial charge in [0.05, 0.1) is 9.85 Å². The zero-order valence-corrected chi connectivity index (χ0v) is 10.6. The van der Waals surface area contributed by atoms with Crippen LogP contribution in [0.5, 0.6) is 0 Å². The number of rotatable bonds is 2. The van der Waals surface area contributed by atoms with Gasteiger partial charge < -0.3 is 0 Å². The van der Waals surface area contributed by atoms with Crippen molar-refractivity contribution < 1.29 is 9.85 Å². The van der Waals surface area contributed by atoms with E-state index in [0.717, 1.165) is 29.2 Å². The topological polar surface area (TPSA) is 86.3 Å². The maximum atomic E-state index is 10.1. The van der Waals surface area contributed by atoms with Crippen molar-refractivity contribution >= 4 is 24.0 Å². The van der Waals surface area contributed by atoms with Gasteiger partial charge in [-0.25, -0.2) is 0 Å². The molecule has 0 fully saturated rings. The molecule has 0 aliphatic carbocycles. The lowest BCUT2D eigenvalue weighted by molar-refractivity contribution is -0.389. The molecule has 2 aromatic carbocycles. The lowest BCUT2D eigenvalue weighted by atomic mass is 10.3. The molecule has 0 saturated carbocycles. The van der Waals surface area contributed by atoms with Gasteiger partial charge in [-0.3, -0.25) is 20.2 Å². The fourth-order valence-corrected chi connectivity index (χ4v) is 1.30. The minimum atomic E-state index is -0.607. The van der Waals surface area contributed by atoms with Crippen molar-refractivity contribution in [2.75, 3.05) is 0 Å². The summed E-state index contributed by atoms with van der Waals surface area (Å²) in [6.45, 7) is 0. The quantitative estimate of drug-likeness (QED) is 0.517. The van der Waals surface area contributed by atoms with Crippen molar-refractivity contribution in [3.05, 3.63) is 74.8 Å². The lowest BCUT2D eigenvalue weighted by Crippen LogP contribution is -1.90. The van der Waals surface area contributed by atoms with Crippen LogP contribution in [-0.4, -0.2) is 9.85 Å². The Bertz CT molecular complexity index is 525. The Morgan fingerprint density at radius 3 is 1.32 bits per heavy atom. The number of nitro groups is 2. The smallest absolute Gasteiger partial charge is 0.258 e. The van der Waals surface area contributed by atoms with E-state index < -0.39 is 9.85 Å². The van der Waals surface area contributed by atoms with Crippen LogP contribution in [0.15, 0.2) is 59.5 Å². The molecule has 19 heavy (non-hydrogen) atoms. The first kappa shape index (κ1) is 14.7. The molecule has 0 spiro atoms. The van der Waals surface area contributed by atoms with Crippen molar-refractivity contribution in [3.63, 3.8) is 0 Å². The normalized spacial score (nSPS) is 9.11. The fourth-order valence-electron chi connectivity index (χ4n) is 1.12. The number of benzene rings is 2. The molecule has 0 radical (unpaired) electrons. The number of thiol groups is 1. The van der Waals surface area contributed by atoms with Gasteiger partial charge in [0.2, 0.25) is 0 Å². The number of hydrogen-bond donors (Lipinski definition) is 1. The van der Waals surface area contributed by atoms with Crippen LogP contribution in [0.1, 0.15) is 0 Å². The van der Waals surface area contributed by atoms with Gasteiger partial charge in [0.15, 0.2) is 0 Å². The fraction of sp³-hybridized carbons (Fsp3) is 0. The third-order valence-corrected chi connectivity index (χ3v) is 2.33. The van der Waals surface area contributed by atoms with E-state index in [1.807, 2.05) is 30.3 Å². The van der Waals surface area contributed by atoms with E-state index >= 15 is 0 Å². The maximum Gasteiger partial charge on any atom is 0.269 e. The molecule has 2 aromatic rings. The molecule has 0 aliphatic heterocycles. The Labute approximate surface area is 114 Å². The number of hydrogen-bond acceptors (Lipinski definition) is 5. The van der Waals surface area contributed by atoms with Gasteiger partial charge in [-0.05, 0) is 12.1 Å². The Morgan fingerprint density at radius 2 is 1.11 bits per heavy atom. The van der Waals surface area contributed by atoms with Crippen LogP contribution in [-0.2, 0) is 0 Å². The molecule has 6 nitrogen and oxygen atoms in total. The molecule has 2 rings (SSSR count). The van der Waals surface area contributed by atoms with Crippen molar-refractivity contribution in [1.82, 2.24) is 0 Å². The second-order valence-electron chi connectivity index (χ2n) is 3.37. The summed E-state index contributed by atoms with van der Waals surface area (Å²) in [5, 5.41) is 20.2. The first-order chi connectivity index (χ1) is 9.00. The van der Waals surface area contributed by atoms with Gasteiger partial charge in [-0.2, -0.15) is 0 Å². The van der Waals surface area contributed by atoms with Crippen molar-refractivity contribution in [2.24, 2.45) is 0 Å². The van der Waals surface area contributed by atoms with Crippen LogP contribution < -0.4 is 0 Å². The summed E-state index contributed by atoms with van der Waals surface area (Å²) >= 11 is 4.08. The Kier molecular flexibility index (Phi) is 5.49. The van der Waals surface area contributed by atoms with Crippen LogP contribution >= 0.6 is 12.6 Å². The van der Waals surface area contributed by atoms with E-state index in [0.29, 0.717) is 0 Å². The Hall–Kier alpha value is -2.41. The lowest BCUT2D eigenvalue weighted by Gasteiger charge is -1.90. The van der Waals surface area contributed by atoms with E-state index in [9.17, 15) is 20.2 Å². The van der Waals surface area contributed by atoms with Crippen molar-refractivity contribution in [3.8, 4) is 0 Å². The van der Waals surface area contributed by atoms with E-state index in [1.165, 1.54) is 0 Å². The number of non-ortho nitro benzene ring substituents is 2. The van der Waals surface area contributed by atoms with Crippen molar-refractivity contribution in [2.45, 2.75) is 4.90 Å². The Balaban J connectivity index is 0.000000218. The van der Waals surface area contributed by atoms with Gasteiger partial charge in [0.1, 0.15) is 0 Å². The summed E-state index contributed by atoms with van der Waals surface area (Å²) in [7, 11) is 0. The molecule has 0 atom stereocenters. The number of nitrogens with zero attached hydrogens (tertiary/aromatic N) is 2. The predicted octanol–water partition coefficient (Wildman–Crippen LogP) is 3.48. The van der Waals surface area contributed by atoms with Crippen LogP contribution in [0.3, 0.4) is 0 Å². The van der Waals surface area contributed by atoms with Gasteiger partial charge >= 0.3 is 0 Å². The van der Waals surface area contributed by atoms with Gasteiger partial charge in [0.25, 0.3) is 11.4 Å². The molecule has 0 saturated heterocycles. The van der Waals surface area contributed by atoms with Gasteiger partial charge in [-0.1, -0.05) is 18.2 Å². The summed E-state index contributed by atoms with van der Waals surface area (Å²) < 4.78 is 0. The third kappa shape index (κ3) is 5.17. The highest BCUT2D eigenvalue weighted by atomic mass is 32.1. The summed E-state index contributed by atoms with van der Waals surface area (Å²) in [5.41, 5.74) is -0.304. The molecular weight excluding hydrogens is 268 g/mol. The first-order valence-corrected chi connectivity index (χ1v) is 5.58. The second-order valence-corrected chi connectivity index (χ2v) is 3.88. The SMILES string of the molecule is O=[N+]([O-])c1ccc([N+](=O)[O-])cc1.Sc1ccccc1. The zero-order chi connectivity index (χ0) is 14.3. The number of nitro benzene ring substituents is 2. The summed E-state index contributed by atoms with van der Waals surface area (Å²) in [6.07, 6.45) is 0. The highest BCUT2D eigenvalue weighted by Crippen LogP contribution is 2.16. The first-order valence-electron chi connectivity index (χ1n) is 5.13. The van der Waals surface area contributed by atoms with Crippen LogP contribution in [0.2, 0.25) is 0 Å². The summed E-state index contributed by atoms with van der Waals surface area (Å²) in [6, 6.07) is 14.2. The zero-order valence-electron chi connectivity index (χ0n) is 9.67. The minimum Gasteiger partial charge on any atom is -0.258 e. The highest BCUT2D eigenvalue weighted by Gasteiger charge is 2.08. The molecule has 0 bridgehead atoms. The minimum absolute atomic E-state index is 0.152. The van der Waals surface area contributed by atoms with Crippen LogP contribution in [0.25, 0.3) is 0 Å². The average molecular weight is 278 g/mol. The molecule has 0 N–H and O–H groups in total. The van der Waals surface area contributed by atoms with E-state index in [4.69, 9.17) is 0 Å². The van der Waals surface area contributed by atoms with Gasteiger partial charge in [-0.15, -0.1) is 12.6 Å². The van der Waals surface area contributed by atoms with E-state index in [1.54, 1.807) is 0 Å². The van der Waals surface area contributed by atoms with Gasteiger partial charge in [0, 0.05) is 29.2 Å². The largest absolute Gasteiger partial charge is 0.269 e. The highest BCUT2D eigenvalue weighted by molar-refractivity contribution is 7.80. The van der Waals surface area contributed by atoms with E-state index in [-0.39, 0.29) is 11.4 Å². The van der Waals surface area contributed by atoms with Crippen molar-refractivity contribution in [1.29, 1.82) is 0 Å². The molecule has 0 unspecified atom stereocenters. The summed E-state index contributed by atoms with van der Waals surface area (Å²) in [4.78, 5) is 20.0. The second kappa shape index (κ2) is 7.12. The molecular formula is C12H10N2O4S. The molecule has 98 valence electrons. The third-order valence-electron chi connectivity index (χ3n) is 2.03. The van der Waals surface area contributed by atoms with Crippen LogP contribution in [0, 0.1) is 20.2 Å². The monoisotopic (exact) mass is 278 g/mol. The van der Waals surface area contributed by atoms with E-state index in [2.05, 4.69) is 12.6 Å².